The molecule has 0 radical (unpaired) electrons. The topological polar surface area (TPSA) is 94.4 Å². The molecule has 0 fully saturated rings. The summed E-state index contributed by atoms with van der Waals surface area (Å²) in [6.45, 7) is 2.05. The lowest BCUT2D eigenvalue weighted by Crippen LogP contribution is -2.03. The first-order valence-corrected chi connectivity index (χ1v) is 6.11. The number of phenols is 1. The molecule has 6 heteroatoms. The van der Waals surface area contributed by atoms with Gasteiger partial charge in [0.1, 0.15) is 11.9 Å². The Bertz CT molecular complexity index is 554. The molecular formula is C13H17N3O3. The van der Waals surface area contributed by atoms with Crippen molar-refractivity contribution in [1.82, 2.24) is 10.1 Å². The van der Waals surface area contributed by atoms with Crippen molar-refractivity contribution in [2.45, 2.75) is 25.9 Å². The minimum atomic E-state index is -0.196. The SMILES string of the molecule is CCCC(OC)c1noc(-c2ccc(N)cc2O)n1. The van der Waals surface area contributed by atoms with E-state index in [9.17, 15) is 5.11 Å². The van der Waals surface area contributed by atoms with Gasteiger partial charge in [-0.3, -0.25) is 0 Å². The molecule has 2 aromatic rings. The highest BCUT2D eigenvalue weighted by molar-refractivity contribution is 5.66. The van der Waals surface area contributed by atoms with Gasteiger partial charge in [-0.2, -0.15) is 4.98 Å². The monoisotopic (exact) mass is 263 g/mol. The van der Waals surface area contributed by atoms with Crippen LogP contribution in [0, 0.1) is 0 Å². The number of benzene rings is 1. The lowest BCUT2D eigenvalue weighted by molar-refractivity contribution is 0.0854. The van der Waals surface area contributed by atoms with Crippen molar-refractivity contribution >= 4 is 5.69 Å². The number of anilines is 1. The van der Waals surface area contributed by atoms with Crippen molar-refractivity contribution < 1.29 is 14.4 Å². The van der Waals surface area contributed by atoms with Crippen molar-refractivity contribution in [2.24, 2.45) is 0 Å². The van der Waals surface area contributed by atoms with Gasteiger partial charge in [-0.1, -0.05) is 18.5 Å². The number of nitrogens with zero attached hydrogens (tertiary/aromatic N) is 2. The summed E-state index contributed by atoms with van der Waals surface area (Å²) in [5.41, 5.74) is 6.50. The van der Waals surface area contributed by atoms with E-state index in [0.717, 1.165) is 12.8 Å². The van der Waals surface area contributed by atoms with E-state index in [1.54, 1.807) is 19.2 Å². The molecule has 0 amide bonds. The van der Waals surface area contributed by atoms with Crippen LogP contribution in [0.3, 0.4) is 0 Å². The second-order valence-electron chi connectivity index (χ2n) is 4.25. The summed E-state index contributed by atoms with van der Waals surface area (Å²) >= 11 is 0. The largest absolute Gasteiger partial charge is 0.507 e. The Kier molecular flexibility index (Phi) is 4.01. The van der Waals surface area contributed by atoms with Crippen LogP contribution in [0.25, 0.3) is 11.5 Å². The fourth-order valence-electron chi connectivity index (χ4n) is 1.82. The quantitative estimate of drug-likeness (QED) is 0.805. The highest BCUT2D eigenvalue weighted by atomic mass is 16.5. The van der Waals surface area contributed by atoms with Gasteiger partial charge in [-0.05, 0) is 18.6 Å². The summed E-state index contributed by atoms with van der Waals surface area (Å²) in [5, 5.41) is 13.7. The summed E-state index contributed by atoms with van der Waals surface area (Å²) in [5.74, 6) is 0.751. The molecule has 3 N–H and O–H groups in total. The Morgan fingerprint density at radius 3 is 2.89 bits per heavy atom. The third-order valence-electron chi connectivity index (χ3n) is 2.82. The molecular weight excluding hydrogens is 246 g/mol. The van der Waals surface area contributed by atoms with E-state index in [2.05, 4.69) is 17.1 Å². The van der Waals surface area contributed by atoms with Crippen LogP contribution in [0.2, 0.25) is 0 Å². The number of nitrogen functional groups attached to an aromatic ring is 1. The molecule has 102 valence electrons. The standard InChI is InChI=1S/C13H17N3O3/c1-3-4-11(18-2)12-15-13(19-16-12)9-6-5-8(14)7-10(9)17/h5-7,11,17H,3-4,14H2,1-2H3. The number of hydrogen-bond acceptors (Lipinski definition) is 6. The van der Waals surface area contributed by atoms with E-state index in [1.807, 2.05) is 0 Å². The summed E-state index contributed by atoms with van der Waals surface area (Å²) in [6, 6.07) is 4.75. The van der Waals surface area contributed by atoms with Gasteiger partial charge in [0.2, 0.25) is 5.82 Å². The van der Waals surface area contributed by atoms with Gasteiger partial charge in [0.25, 0.3) is 5.89 Å². The average Bonchev–Trinajstić information content (AvgIpc) is 2.85. The first-order valence-electron chi connectivity index (χ1n) is 6.11. The first kappa shape index (κ1) is 13.4. The Balaban J connectivity index is 2.29. The van der Waals surface area contributed by atoms with Crippen LogP contribution in [-0.4, -0.2) is 22.4 Å². The maximum atomic E-state index is 9.81. The molecule has 0 saturated carbocycles. The van der Waals surface area contributed by atoms with E-state index >= 15 is 0 Å². The summed E-state index contributed by atoms with van der Waals surface area (Å²) in [4.78, 5) is 4.26. The van der Waals surface area contributed by atoms with Crippen molar-refractivity contribution in [1.29, 1.82) is 0 Å². The summed E-state index contributed by atoms with van der Waals surface area (Å²) in [6.07, 6.45) is 1.57. The molecule has 19 heavy (non-hydrogen) atoms. The van der Waals surface area contributed by atoms with E-state index in [-0.39, 0.29) is 17.7 Å². The zero-order valence-corrected chi connectivity index (χ0v) is 11.0. The lowest BCUT2D eigenvalue weighted by atomic mass is 10.1. The van der Waals surface area contributed by atoms with Crippen LogP contribution in [-0.2, 0) is 4.74 Å². The van der Waals surface area contributed by atoms with Gasteiger partial charge < -0.3 is 20.1 Å². The second-order valence-corrected chi connectivity index (χ2v) is 4.25. The van der Waals surface area contributed by atoms with Gasteiger partial charge in [-0.25, -0.2) is 0 Å². The number of aromatic nitrogens is 2. The highest BCUT2D eigenvalue weighted by Crippen LogP contribution is 2.30. The number of nitrogens with two attached hydrogens (primary N) is 1. The van der Waals surface area contributed by atoms with E-state index in [1.165, 1.54) is 6.07 Å². The Morgan fingerprint density at radius 1 is 1.47 bits per heavy atom. The molecule has 0 aliphatic rings. The number of phenolic OH excluding ortho intramolecular Hbond substituents is 1. The molecule has 1 atom stereocenters. The van der Waals surface area contributed by atoms with Gasteiger partial charge >= 0.3 is 0 Å². The lowest BCUT2D eigenvalue weighted by Gasteiger charge is -2.08. The molecule has 1 aromatic heterocycles. The van der Waals surface area contributed by atoms with Crippen molar-refractivity contribution in [3.05, 3.63) is 24.0 Å². The Labute approximate surface area is 111 Å². The molecule has 6 nitrogen and oxygen atoms in total. The Morgan fingerprint density at radius 2 is 2.26 bits per heavy atom. The van der Waals surface area contributed by atoms with Crippen molar-refractivity contribution in [2.75, 3.05) is 12.8 Å². The number of hydrogen-bond donors (Lipinski definition) is 2. The third kappa shape index (κ3) is 2.85. The van der Waals surface area contributed by atoms with Crippen LogP contribution in [0.4, 0.5) is 5.69 Å². The smallest absolute Gasteiger partial charge is 0.261 e. The Hall–Kier alpha value is -2.08. The predicted molar refractivity (Wildman–Crippen MR) is 70.5 cm³/mol. The van der Waals surface area contributed by atoms with Gasteiger partial charge in [0.15, 0.2) is 0 Å². The third-order valence-corrected chi connectivity index (χ3v) is 2.82. The molecule has 1 unspecified atom stereocenters. The van der Waals surface area contributed by atoms with Gasteiger partial charge in [0, 0.05) is 18.9 Å². The zero-order chi connectivity index (χ0) is 13.8. The fraction of sp³-hybridized carbons (Fsp3) is 0.385. The van der Waals surface area contributed by atoms with Crippen molar-refractivity contribution in [3.63, 3.8) is 0 Å². The van der Waals surface area contributed by atoms with Crippen molar-refractivity contribution in [3.8, 4) is 17.2 Å². The highest BCUT2D eigenvalue weighted by Gasteiger charge is 2.19. The van der Waals surface area contributed by atoms with Crippen LogP contribution in [0.1, 0.15) is 31.7 Å². The minimum Gasteiger partial charge on any atom is -0.507 e. The molecule has 0 aliphatic heterocycles. The maximum absolute atomic E-state index is 9.81. The number of aromatic hydroxyl groups is 1. The molecule has 0 saturated heterocycles. The molecule has 0 bridgehead atoms. The summed E-state index contributed by atoms with van der Waals surface area (Å²) in [7, 11) is 1.61. The number of methoxy groups -OCH3 is 1. The predicted octanol–water partition coefficient (Wildman–Crippen LogP) is 2.51. The maximum Gasteiger partial charge on any atom is 0.261 e. The number of ether oxygens (including phenoxy) is 1. The second kappa shape index (κ2) is 5.71. The molecule has 1 aromatic carbocycles. The summed E-state index contributed by atoms with van der Waals surface area (Å²) < 4.78 is 10.5. The van der Waals surface area contributed by atoms with Crippen LogP contribution in [0.5, 0.6) is 5.75 Å². The van der Waals surface area contributed by atoms with E-state index in [4.69, 9.17) is 15.0 Å². The van der Waals surface area contributed by atoms with Crippen LogP contribution >= 0.6 is 0 Å². The molecule has 0 spiro atoms. The average molecular weight is 263 g/mol. The molecule has 0 aliphatic carbocycles. The molecule has 1 heterocycles. The molecule has 2 rings (SSSR count). The normalized spacial score (nSPS) is 12.5. The van der Waals surface area contributed by atoms with E-state index in [0.29, 0.717) is 17.1 Å². The van der Waals surface area contributed by atoms with Gasteiger partial charge in [-0.15, -0.1) is 0 Å². The first-order chi connectivity index (χ1) is 9.15. The van der Waals surface area contributed by atoms with Crippen LogP contribution < -0.4 is 5.73 Å². The van der Waals surface area contributed by atoms with Gasteiger partial charge in [0.05, 0.1) is 5.56 Å². The minimum absolute atomic E-state index is 0.0136. The van der Waals surface area contributed by atoms with E-state index < -0.39 is 0 Å². The number of rotatable bonds is 5. The fourth-order valence-corrected chi connectivity index (χ4v) is 1.82. The van der Waals surface area contributed by atoms with Crippen LogP contribution in [0.15, 0.2) is 22.7 Å². The zero-order valence-electron chi connectivity index (χ0n) is 11.0.